The standard InChI is InChI=1S/C14H19N5O2/c1-8(2)6-16-12(20)7-17-14(21)13-10-5-9(15)3-4-11(10)18-19-13/h3-5,8H,6-7,15H2,1-2H3,(H,16,20)(H,17,21)(H,18,19). The van der Waals surface area contributed by atoms with Gasteiger partial charge in [-0.1, -0.05) is 13.8 Å². The van der Waals surface area contributed by atoms with Gasteiger partial charge < -0.3 is 16.4 Å². The first-order valence-corrected chi connectivity index (χ1v) is 6.76. The average Bonchev–Trinajstić information content (AvgIpc) is 2.85. The van der Waals surface area contributed by atoms with Crippen LogP contribution >= 0.6 is 0 Å². The molecule has 0 aliphatic carbocycles. The highest BCUT2D eigenvalue weighted by atomic mass is 16.2. The highest BCUT2D eigenvalue weighted by Crippen LogP contribution is 2.18. The Labute approximate surface area is 122 Å². The van der Waals surface area contributed by atoms with Crippen molar-refractivity contribution in [3.05, 3.63) is 23.9 Å². The van der Waals surface area contributed by atoms with Gasteiger partial charge in [-0.25, -0.2) is 0 Å². The topological polar surface area (TPSA) is 113 Å². The van der Waals surface area contributed by atoms with Crippen molar-refractivity contribution < 1.29 is 9.59 Å². The van der Waals surface area contributed by atoms with E-state index in [0.717, 1.165) is 5.52 Å². The predicted octanol–water partition coefficient (Wildman–Crippen LogP) is 0.647. The molecular weight excluding hydrogens is 270 g/mol. The van der Waals surface area contributed by atoms with E-state index >= 15 is 0 Å². The third kappa shape index (κ3) is 3.71. The number of hydrogen-bond acceptors (Lipinski definition) is 4. The van der Waals surface area contributed by atoms with Crippen LogP contribution < -0.4 is 16.4 Å². The lowest BCUT2D eigenvalue weighted by molar-refractivity contribution is -0.120. The normalized spacial score (nSPS) is 10.8. The number of hydrogen-bond donors (Lipinski definition) is 4. The van der Waals surface area contributed by atoms with E-state index in [1.54, 1.807) is 18.2 Å². The molecule has 5 N–H and O–H groups in total. The number of anilines is 1. The van der Waals surface area contributed by atoms with Crippen LogP contribution in [0.3, 0.4) is 0 Å². The number of nitrogens with one attached hydrogen (secondary N) is 3. The lowest BCUT2D eigenvalue weighted by atomic mass is 10.2. The molecule has 0 saturated carbocycles. The summed E-state index contributed by atoms with van der Waals surface area (Å²) in [6.07, 6.45) is 0. The van der Waals surface area contributed by atoms with Gasteiger partial charge in [0.1, 0.15) is 0 Å². The Hall–Kier alpha value is -2.57. The van der Waals surface area contributed by atoms with Crippen molar-refractivity contribution in [2.75, 3.05) is 18.8 Å². The van der Waals surface area contributed by atoms with Crippen molar-refractivity contribution in [1.82, 2.24) is 20.8 Å². The van der Waals surface area contributed by atoms with Crippen molar-refractivity contribution in [2.24, 2.45) is 5.92 Å². The summed E-state index contributed by atoms with van der Waals surface area (Å²) in [5.74, 6) is -0.272. The molecule has 0 radical (unpaired) electrons. The van der Waals surface area contributed by atoms with Crippen LogP contribution in [0.2, 0.25) is 0 Å². The first-order chi connectivity index (χ1) is 9.97. The lowest BCUT2D eigenvalue weighted by Crippen LogP contribution is -2.38. The molecule has 1 aromatic carbocycles. The number of rotatable bonds is 5. The van der Waals surface area contributed by atoms with Gasteiger partial charge in [0.25, 0.3) is 5.91 Å². The van der Waals surface area contributed by atoms with Gasteiger partial charge in [-0.05, 0) is 24.1 Å². The van der Waals surface area contributed by atoms with Crippen molar-refractivity contribution in [2.45, 2.75) is 13.8 Å². The molecule has 0 unspecified atom stereocenters. The highest BCUT2D eigenvalue weighted by molar-refractivity contribution is 6.06. The lowest BCUT2D eigenvalue weighted by Gasteiger charge is -2.08. The molecule has 21 heavy (non-hydrogen) atoms. The zero-order chi connectivity index (χ0) is 15.4. The van der Waals surface area contributed by atoms with Crippen LogP contribution in [0.25, 0.3) is 10.9 Å². The van der Waals surface area contributed by atoms with Crippen LogP contribution in [0.15, 0.2) is 18.2 Å². The number of benzene rings is 1. The Bertz CT molecular complexity index is 662. The molecule has 0 aliphatic rings. The molecule has 2 rings (SSSR count). The van der Waals surface area contributed by atoms with Gasteiger partial charge in [0.2, 0.25) is 5.91 Å². The van der Waals surface area contributed by atoms with Gasteiger partial charge in [-0.2, -0.15) is 5.10 Å². The number of nitrogens with zero attached hydrogens (tertiary/aromatic N) is 1. The maximum atomic E-state index is 12.1. The molecule has 1 heterocycles. The van der Waals surface area contributed by atoms with Crippen LogP contribution in [0, 0.1) is 5.92 Å². The smallest absolute Gasteiger partial charge is 0.272 e. The van der Waals surface area contributed by atoms with Crippen molar-refractivity contribution in [3.8, 4) is 0 Å². The third-order valence-corrected chi connectivity index (χ3v) is 2.92. The Morgan fingerprint density at radius 2 is 2.10 bits per heavy atom. The number of aromatic nitrogens is 2. The number of nitrogen functional groups attached to an aromatic ring is 1. The second-order valence-electron chi connectivity index (χ2n) is 5.26. The molecule has 0 bridgehead atoms. The number of H-pyrrole nitrogens is 1. The summed E-state index contributed by atoms with van der Waals surface area (Å²) in [6.45, 7) is 4.50. The molecule has 0 fully saturated rings. The molecule has 0 spiro atoms. The maximum Gasteiger partial charge on any atom is 0.272 e. The summed E-state index contributed by atoms with van der Waals surface area (Å²) in [6, 6.07) is 5.15. The Morgan fingerprint density at radius 3 is 2.81 bits per heavy atom. The summed E-state index contributed by atoms with van der Waals surface area (Å²) in [4.78, 5) is 23.6. The number of aromatic amines is 1. The third-order valence-electron chi connectivity index (χ3n) is 2.92. The molecule has 0 aliphatic heterocycles. The van der Waals surface area contributed by atoms with E-state index < -0.39 is 5.91 Å². The predicted molar refractivity (Wildman–Crippen MR) is 80.7 cm³/mol. The Kier molecular flexibility index (Phi) is 4.42. The molecule has 0 saturated heterocycles. The molecule has 1 aromatic heterocycles. The number of nitrogens with two attached hydrogens (primary N) is 1. The van der Waals surface area contributed by atoms with E-state index in [2.05, 4.69) is 20.8 Å². The van der Waals surface area contributed by atoms with Crippen molar-refractivity contribution >= 4 is 28.4 Å². The Morgan fingerprint density at radius 1 is 1.33 bits per heavy atom. The average molecular weight is 289 g/mol. The number of carbonyl (C=O) groups excluding carboxylic acids is 2. The molecule has 2 amide bonds. The van der Waals surface area contributed by atoms with Gasteiger partial charge in [-0.3, -0.25) is 14.7 Å². The molecule has 112 valence electrons. The van der Waals surface area contributed by atoms with E-state index in [1.165, 1.54) is 0 Å². The number of amides is 2. The molecular formula is C14H19N5O2. The van der Waals surface area contributed by atoms with Gasteiger partial charge in [-0.15, -0.1) is 0 Å². The fourth-order valence-corrected chi connectivity index (χ4v) is 1.83. The van der Waals surface area contributed by atoms with E-state index in [4.69, 9.17) is 5.73 Å². The Balaban J connectivity index is 1.99. The second-order valence-corrected chi connectivity index (χ2v) is 5.26. The van der Waals surface area contributed by atoms with Gasteiger partial charge >= 0.3 is 0 Å². The molecule has 7 heteroatoms. The maximum absolute atomic E-state index is 12.1. The zero-order valence-electron chi connectivity index (χ0n) is 12.1. The molecule has 7 nitrogen and oxygen atoms in total. The largest absolute Gasteiger partial charge is 0.399 e. The van der Waals surface area contributed by atoms with Crippen LogP contribution in [0.5, 0.6) is 0 Å². The second kappa shape index (κ2) is 6.25. The van der Waals surface area contributed by atoms with E-state index in [-0.39, 0.29) is 18.1 Å². The highest BCUT2D eigenvalue weighted by Gasteiger charge is 2.15. The number of carbonyl (C=O) groups is 2. The summed E-state index contributed by atoms with van der Waals surface area (Å²) in [5.41, 5.74) is 7.20. The van der Waals surface area contributed by atoms with Crippen LogP contribution in [-0.2, 0) is 4.79 Å². The van der Waals surface area contributed by atoms with E-state index in [9.17, 15) is 9.59 Å². The fraction of sp³-hybridized carbons (Fsp3) is 0.357. The van der Waals surface area contributed by atoms with Crippen molar-refractivity contribution in [1.29, 1.82) is 0 Å². The van der Waals surface area contributed by atoms with E-state index in [1.807, 2.05) is 13.8 Å². The first-order valence-electron chi connectivity index (χ1n) is 6.76. The summed E-state index contributed by atoms with van der Waals surface area (Å²) in [7, 11) is 0. The summed E-state index contributed by atoms with van der Waals surface area (Å²) < 4.78 is 0. The minimum absolute atomic E-state index is 0.0811. The van der Waals surface area contributed by atoms with Gasteiger partial charge in [0.15, 0.2) is 5.69 Å². The fourth-order valence-electron chi connectivity index (χ4n) is 1.83. The summed E-state index contributed by atoms with van der Waals surface area (Å²) in [5, 5.41) is 12.6. The van der Waals surface area contributed by atoms with Gasteiger partial charge in [0, 0.05) is 17.6 Å². The quantitative estimate of drug-likeness (QED) is 0.605. The first kappa shape index (κ1) is 14.8. The molecule has 2 aromatic rings. The number of fused-ring (bicyclic) bond motifs is 1. The zero-order valence-corrected chi connectivity index (χ0v) is 12.1. The SMILES string of the molecule is CC(C)CNC(=O)CNC(=O)c1n[nH]c2ccc(N)cc12. The van der Waals surface area contributed by atoms with Gasteiger partial charge in [0.05, 0.1) is 12.1 Å². The van der Waals surface area contributed by atoms with Crippen LogP contribution in [0.1, 0.15) is 24.3 Å². The van der Waals surface area contributed by atoms with Crippen molar-refractivity contribution in [3.63, 3.8) is 0 Å². The van der Waals surface area contributed by atoms with E-state index in [0.29, 0.717) is 23.5 Å². The minimum atomic E-state index is -0.411. The monoisotopic (exact) mass is 289 g/mol. The minimum Gasteiger partial charge on any atom is -0.399 e. The van der Waals surface area contributed by atoms with Crippen LogP contribution in [-0.4, -0.2) is 35.1 Å². The van der Waals surface area contributed by atoms with Crippen LogP contribution in [0.4, 0.5) is 5.69 Å². The molecule has 0 atom stereocenters. The summed E-state index contributed by atoms with van der Waals surface area (Å²) >= 11 is 0.